The molecule has 1 aromatic heterocycles. The highest BCUT2D eigenvalue weighted by atomic mass is 16.7. The molecule has 4 rings (SSSR count). The summed E-state index contributed by atoms with van der Waals surface area (Å²) in [5.41, 5.74) is 1.53. The molecule has 0 saturated heterocycles. The Kier molecular flexibility index (Phi) is 3.71. The smallest absolute Gasteiger partial charge is 0.322 e. The highest BCUT2D eigenvalue weighted by Gasteiger charge is 2.29. The van der Waals surface area contributed by atoms with E-state index in [0.29, 0.717) is 40.0 Å². The average Bonchev–Trinajstić information content (AvgIpc) is 3.25. The Bertz CT molecular complexity index is 969. The largest absolute Gasteiger partial charge is 0.494 e. The molecule has 0 radical (unpaired) electrons. The molecular weight excluding hydrogens is 340 g/mol. The van der Waals surface area contributed by atoms with Gasteiger partial charge in [0.25, 0.3) is 5.56 Å². The molecule has 3 heterocycles. The van der Waals surface area contributed by atoms with Crippen LogP contribution in [0.4, 0.5) is 10.5 Å². The molecule has 2 aliphatic rings. The van der Waals surface area contributed by atoms with Crippen LogP contribution in [-0.2, 0) is 20.1 Å². The topological polar surface area (TPSA) is 94.9 Å². The van der Waals surface area contributed by atoms with E-state index in [-0.39, 0.29) is 31.5 Å². The molecule has 9 heteroatoms. The molecule has 0 spiro atoms. The minimum Gasteiger partial charge on any atom is -0.494 e. The van der Waals surface area contributed by atoms with E-state index in [9.17, 15) is 9.59 Å². The fourth-order valence-corrected chi connectivity index (χ4v) is 3.06. The first kappa shape index (κ1) is 16.2. The number of anilines is 1. The Morgan fingerprint density at radius 1 is 1.27 bits per heavy atom. The van der Waals surface area contributed by atoms with Crippen LogP contribution in [0.5, 0.6) is 17.2 Å². The Labute approximate surface area is 149 Å². The van der Waals surface area contributed by atoms with Crippen LogP contribution >= 0.6 is 0 Å². The van der Waals surface area contributed by atoms with Gasteiger partial charge in [0.1, 0.15) is 11.6 Å². The lowest BCUT2D eigenvalue weighted by Gasteiger charge is -2.17. The van der Waals surface area contributed by atoms with Gasteiger partial charge in [-0.1, -0.05) is 0 Å². The molecule has 26 heavy (non-hydrogen) atoms. The van der Waals surface area contributed by atoms with Gasteiger partial charge in [0.15, 0.2) is 11.5 Å². The number of amides is 2. The van der Waals surface area contributed by atoms with Crippen LogP contribution < -0.4 is 25.1 Å². The minimum absolute atomic E-state index is 0.122. The maximum Gasteiger partial charge on any atom is 0.322 e. The molecular formula is C17H18N4O5. The van der Waals surface area contributed by atoms with Crippen LogP contribution in [0.15, 0.2) is 16.9 Å². The first-order valence-electron chi connectivity index (χ1n) is 8.07. The van der Waals surface area contributed by atoms with Crippen molar-refractivity contribution in [2.75, 3.05) is 19.2 Å². The molecule has 0 atom stereocenters. The molecule has 0 saturated carbocycles. The average molecular weight is 358 g/mol. The van der Waals surface area contributed by atoms with Gasteiger partial charge in [-0.3, -0.25) is 9.36 Å². The second-order valence-corrected chi connectivity index (χ2v) is 6.14. The molecule has 0 unspecified atom stereocenters. The Morgan fingerprint density at radius 3 is 2.73 bits per heavy atom. The van der Waals surface area contributed by atoms with Crippen LogP contribution in [0.25, 0.3) is 0 Å². The number of rotatable bonds is 2. The van der Waals surface area contributed by atoms with E-state index in [1.165, 1.54) is 16.6 Å². The van der Waals surface area contributed by atoms with Gasteiger partial charge in [-0.05, 0) is 6.92 Å². The highest BCUT2D eigenvalue weighted by Crippen LogP contribution is 2.40. The molecule has 1 N–H and O–H groups in total. The van der Waals surface area contributed by atoms with Gasteiger partial charge < -0.3 is 24.4 Å². The molecule has 2 aliphatic heterocycles. The number of urea groups is 1. The second-order valence-electron chi connectivity index (χ2n) is 6.14. The van der Waals surface area contributed by atoms with Crippen molar-refractivity contribution in [3.05, 3.63) is 39.6 Å². The first-order chi connectivity index (χ1) is 12.5. The third kappa shape index (κ3) is 2.52. The minimum atomic E-state index is -0.347. The highest BCUT2D eigenvalue weighted by molar-refractivity contribution is 5.92. The van der Waals surface area contributed by atoms with Gasteiger partial charge >= 0.3 is 6.03 Å². The van der Waals surface area contributed by atoms with Crippen LogP contribution in [0.3, 0.4) is 0 Å². The van der Waals surface area contributed by atoms with Crippen molar-refractivity contribution in [3.8, 4) is 17.2 Å². The molecule has 1 aromatic carbocycles. The number of nitrogens with one attached hydrogen (secondary N) is 1. The number of hydrogen-bond donors (Lipinski definition) is 1. The number of hydrogen-bond acceptors (Lipinski definition) is 6. The van der Waals surface area contributed by atoms with E-state index in [0.717, 1.165) is 0 Å². The number of carbonyl (C=O) groups is 1. The third-order valence-electron chi connectivity index (χ3n) is 4.61. The van der Waals surface area contributed by atoms with Crippen LogP contribution in [0.1, 0.15) is 17.1 Å². The number of methoxy groups -OCH3 is 1. The monoisotopic (exact) mass is 358 g/mol. The number of carbonyl (C=O) groups excluding carboxylic acids is 1. The molecule has 0 aliphatic carbocycles. The maximum atomic E-state index is 12.7. The van der Waals surface area contributed by atoms with E-state index in [1.807, 2.05) is 0 Å². The van der Waals surface area contributed by atoms with E-state index in [2.05, 4.69) is 10.3 Å². The van der Waals surface area contributed by atoms with Crippen molar-refractivity contribution in [2.24, 2.45) is 7.05 Å². The third-order valence-corrected chi connectivity index (χ3v) is 4.61. The molecule has 136 valence electrons. The summed E-state index contributed by atoms with van der Waals surface area (Å²) in [6.07, 6.45) is 0. The zero-order chi connectivity index (χ0) is 18.4. The van der Waals surface area contributed by atoms with E-state index in [4.69, 9.17) is 14.2 Å². The summed E-state index contributed by atoms with van der Waals surface area (Å²) in [5, 5.41) is 2.81. The Hall–Kier alpha value is -3.23. The van der Waals surface area contributed by atoms with Crippen molar-refractivity contribution in [2.45, 2.75) is 20.0 Å². The lowest BCUT2D eigenvalue weighted by atomic mass is 10.2. The van der Waals surface area contributed by atoms with Crippen molar-refractivity contribution in [3.63, 3.8) is 0 Å². The summed E-state index contributed by atoms with van der Waals surface area (Å²) in [7, 11) is 3.18. The van der Waals surface area contributed by atoms with Gasteiger partial charge in [-0.25, -0.2) is 9.78 Å². The lowest BCUT2D eigenvalue weighted by molar-refractivity contribution is 0.174. The molecule has 2 aromatic rings. The normalized spacial score (nSPS) is 14.3. The molecule has 0 fully saturated rings. The molecule has 2 amide bonds. The van der Waals surface area contributed by atoms with Crippen molar-refractivity contribution in [1.82, 2.24) is 14.5 Å². The quantitative estimate of drug-likeness (QED) is 0.871. The van der Waals surface area contributed by atoms with Crippen LogP contribution in [0, 0.1) is 6.92 Å². The van der Waals surface area contributed by atoms with Gasteiger partial charge in [-0.15, -0.1) is 0 Å². The zero-order valence-electron chi connectivity index (χ0n) is 14.7. The predicted molar refractivity (Wildman–Crippen MR) is 91.6 cm³/mol. The standard InChI is InChI=1S/C17H18N4O5/c1-9-18-12-7-21(6-10(12)16(22)20(9)2)17(23)19-11-4-14-15(26-8-25-14)5-13(11)24-3/h4-5H,6-8H2,1-3H3,(H,19,23). The summed E-state index contributed by atoms with van der Waals surface area (Å²) >= 11 is 0. The van der Waals surface area contributed by atoms with Gasteiger partial charge in [0.05, 0.1) is 37.1 Å². The van der Waals surface area contributed by atoms with Gasteiger partial charge in [-0.2, -0.15) is 0 Å². The lowest BCUT2D eigenvalue weighted by Crippen LogP contribution is -2.31. The molecule has 0 bridgehead atoms. The second kappa shape index (κ2) is 5.94. The van der Waals surface area contributed by atoms with E-state index < -0.39 is 0 Å². The first-order valence-corrected chi connectivity index (χ1v) is 8.07. The summed E-state index contributed by atoms with van der Waals surface area (Å²) in [4.78, 5) is 31.0. The van der Waals surface area contributed by atoms with Crippen molar-refractivity contribution >= 4 is 11.7 Å². The van der Waals surface area contributed by atoms with E-state index >= 15 is 0 Å². The number of fused-ring (bicyclic) bond motifs is 2. The summed E-state index contributed by atoms with van der Waals surface area (Å²) in [6, 6.07) is 2.97. The van der Waals surface area contributed by atoms with Crippen molar-refractivity contribution < 1.29 is 19.0 Å². The van der Waals surface area contributed by atoms with Gasteiger partial charge in [0, 0.05) is 19.2 Å². The number of benzene rings is 1. The van der Waals surface area contributed by atoms with Crippen LogP contribution in [-0.4, -0.2) is 34.4 Å². The van der Waals surface area contributed by atoms with Crippen molar-refractivity contribution in [1.29, 1.82) is 0 Å². The summed E-state index contributed by atoms with van der Waals surface area (Å²) in [5.74, 6) is 2.19. The fourth-order valence-electron chi connectivity index (χ4n) is 3.06. The maximum absolute atomic E-state index is 12.7. The number of aromatic nitrogens is 2. The number of ether oxygens (including phenoxy) is 3. The SMILES string of the molecule is COc1cc2c(cc1NC(=O)N1Cc3nc(C)n(C)c(=O)c3C1)OCO2. The summed E-state index contributed by atoms with van der Waals surface area (Å²) in [6.45, 7) is 2.40. The predicted octanol–water partition coefficient (Wildman–Crippen LogP) is 1.37. The Balaban J connectivity index is 1.57. The number of aryl methyl sites for hydroxylation is 1. The number of nitrogens with zero attached hydrogens (tertiary/aromatic N) is 3. The zero-order valence-corrected chi connectivity index (χ0v) is 14.7. The fraction of sp³-hybridized carbons (Fsp3) is 0.353. The molecule has 9 nitrogen and oxygen atoms in total. The van der Waals surface area contributed by atoms with Gasteiger partial charge in [0.2, 0.25) is 6.79 Å². The summed E-state index contributed by atoms with van der Waals surface area (Å²) < 4.78 is 17.4. The Morgan fingerprint density at radius 2 is 2.00 bits per heavy atom. The van der Waals surface area contributed by atoms with E-state index in [1.54, 1.807) is 26.1 Å². The van der Waals surface area contributed by atoms with Crippen LogP contribution in [0.2, 0.25) is 0 Å².